The Morgan fingerprint density at radius 1 is 1.07 bits per heavy atom. The fourth-order valence-corrected chi connectivity index (χ4v) is 6.51. The average molecular weight is 420 g/mol. The number of sulfone groups is 1. The maximum Gasteiger partial charge on any atom is 0.282 e. The number of hydrogen-bond acceptors (Lipinski definition) is 3. The number of halogens is 1. The van der Waals surface area contributed by atoms with Crippen LogP contribution in [0.3, 0.4) is 0 Å². The van der Waals surface area contributed by atoms with Gasteiger partial charge >= 0.3 is 0 Å². The van der Waals surface area contributed by atoms with Gasteiger partial charge in [-0.25, -0.2) is 8.42 Å². The minimum atomic E-state index is -3.18. The second-order valence-electron chi connectivity index (χ2n) is 7.92. The van der Waals surface area contributed by atoms with Crippen LogP contribution >= 0.6 is 11.6 Å². The van der Waals surface area contributed by atoms with Crippen molar-refractivity contribution in [2.45, 2.75) is 32.5 Å². The minimum absolute atomic E-state index is 0.0226. The number of benzene rings is 2. The third kappa shape index (κ3) is 3.69. The standard InChI is InChI=1S/C21H23ClN2O3S/c1-14-3-8-18(9-15(14)2)24-20-13-28(26,27)12-19(20)23(11-21(24)25)10-16-4-6-17(22)7-5-16/h3-9,19-20H,10-13H2,1-2H3/p+1/t19-,20+/m0/s1. The smallest absolute Gasteiger partial charge is 0.282 e. The predicted molar refractivity (Wildman–Crippen MR) is 111 cm³/mol. The summed E-state index contributed by atoms with van der Waals surface area (Å²) in [7, 11) is -3.18. The Labute approximate surface area is 170 Å². The lowest BCUT2D eigenvalue weighted by atomic mass is 10.0. The van der Waals surface area contributed by atoms with Crippen molar-refractivity contribution in [3.8, 4) is 0 Å². The Kier molecular flexibility index (Phi) is 4.98. The molecule has 28 heavy (non-hydrogen) atoms. The second kappa shape index (κ2) is 7.17. The zero-order chi connectivity index (χ0) is 20.1. The van der Waals surface area contributed by atoms with Gasteiger partial charge in [0, 0.05) is 16.3 Å². The zero-order valence-electron chi connectivity index (χ0n) is 16.0. The van der Waals surface area contributed by atoms with E-state index in [1.54, 1.807) is 4.90 Å². The van der Waals surface area contributed by atoms with Crippen LogP contribution in [0.5, 0.6) is 0 Å². The van der Waals surface area contributed by atoms with E-state index in [0.29, 0.717) is 11.6 Å². The zero-order valence-corrected chi connectivity index (χ0v) is 17.6. The summed E-state index contributed by atoms with van der Waals surface area (Å²) >= 11 is 5.97. The molecule has 2 aliphatic heterocycles. The lowest BCUT2D eigenvalue weighted by Crippen LogP contribution is -3.19. The van der Waals surface area contributed by atoms with Crippen molar-refractivity contribution in [3.63, 3.8) is 0 Å². The average Bonchev–Trinajstić information content (AvgIpc) is 2.95. The fraction of sp³-hybridized carbons (Fsp3) is 0.381. The van der Waals surface area contributed by atoms with Gasteiger partial charge in [0.2, 0.25) is 0 Å². The Balaban J connectivity index is 1.67. The topological polar surface area (TPSA) is 58.9 Å². The first-order chi connectivity index (χ1) is 13.2. The summed E-state index contributed by atoms with van der Waals surface area (Å²) < 4.78 is 25.0. The molecule has 2 saturated heterocycles. The van der Waals surface area contributed by atoms with Crippen LogP contribution in [0.15, 0.2) is 42.5 Å². The highest BCUT2D eigenvalue weighted by atomic mass is 35.5. The van der Waals surface area contributed by atoms with Crippen LogP contribution in [0.1, 0.15) is 16.7 Å². The molecule has 0 saturated carbocycles. The Morgan fingerprint density at radius 3 is 2.46 bits per heavy atom. The van der Waals surface area contributed by atoms with Crippen molar-refractivity contribution in [1.29, 1.82) is 0 Å². The lowest BCUT2D eigenvalue weighted by Gasteiger charge is -2.41. The van der Waals surface area contributed by atoms with Crippen LogP contribution in [0.4, 0.5) is 5.69 Å². The molecule has 3 atom stereocenters. The Bertz CT molecular complexity index is 1020. The van der Waals surface area contributed by atoms with Crippen molar-refractivity contribution in [1.82, 2.24) is 0 Å². The van der Waals surface area contributed by atoms with Crippen molar-refractivity contribution in [3.05, 3.63) is 64.2 Å². The van der Waals surface area contributed by atoms with E-state index in [1.807, 2.05) is 56.3 Å². The number of piperazine rings is 1. The van der Waals surface area contributed by atoms with Crippen LogP contribution in [-0.4, -0.2) is 44.5 Å². The van der Waals surface area contributed by atoms with E-state index in [1.165, 1.54) is 0 Å². The second-order valence-corrected chi connectivity index (χ2v) is 10.5. The summed E-state index contributed by atoms with van der Waals surface area (Å²) in [5, 5.41) is 0.663. The summed E-state index contributed by atoms with van der Waals surface area (Å²) in [5.74, 6) is 0.126. The molecule has 2 heterocycles. The molecule has 1 amide bonds. The molecule has 2 fully saturated rings. The molecule has 4 rings (SSSR count). The largest absolute Gasteiger partial charge is 0.318 e. The number of carbonyl (C=O) groups excluding carboxylic acids is 1. The van der Waals surface area contributed by atoms with Crippen molar-refractivity contribution < 1.29 is 18.1 Å². The Hall–Kier alpha value is -1.89. The van der Waals surface area contributed by atoms with Crippen molar-refractivity contribution in [2.75, 3.05) is 23.0 Å². The van der Waals surface area contributed by atoms with Gasteiger partial charge in [0.1, 0.15) is 24.4 Å². The Morgan fingerprint density at radius 2 is 1.79 bits per heavy atom. The number of carbonyl (C=O) groups is 1. The number of fused-ring (bicyclic) bond motifs is 1. The molecular formula is C21H24ClN2O3S+. The highest BCUT2D eigenvalue weighted by Gasteiger charge is 2.52. The molecule has 0 radical (unpaired) electrons. The van der Waals surface area contributed by atoms with Gasteiger partial charge in [0.05, 0.1) is 5.75 Å². The van der Waals surface area contributed by atoms with E-state index in [2.05, 4.69) is 0 Å². The maximum absolute atomic E-state index is 13.1. The van der Waals surface area contributed by atoms with E-state index in [9.17, 15) is 13.2 Å². The third-order valence-electron chi connectivity index (χ3n) is 5.94. The molecule has 0 spiro atoms. The van der Waals surface area contributed by atoms with Gasteiger partial charge in [-0.05, 0) is 49.2 Å². The van der Waals surface area contributed by atoms with E-state index < -0.39 is 9.84 Å². The summed E-state index contributed by atoms with van der Waals surface area (Å²) in [5.41, 5.74) is 4.10. The van der Waals surface area contributed by atoms with E-state index in [-0.39, 0.29) is 36.0 Å². The number of nitrogens with zero attached hydrogens (tertiary/aromatic N) is 1. The molecule has 5 nitrogen and oxygen atoms in total. The first kappa shape index (κ1) is 19.4. The molecule has 1 unspecified atom stereocenters. The third-order valence-corrected chi connectivity index (χ3v) is 7.91. The van der Waals surface area contributed by atoms with Crippen LogP contribution in [0.2, 0.25) is 5.02 Å². The van der Waals surface area contributed by atoms with Gasteiger partial charge in [-0.1, -0.05) is 29.8 Å². The SMILES string of the molecule is Cc1ccc(N2C(=O)C[NH+](Cc3ccc(Cl)cc3)[C@H]3CS(=O)(=O)C[C@H]32)cc1C. The van der Waals surface area contributed by atoms with Crippen LogP contribution < -0.4 is 9.80 Å². The summed E-state index contributed by atoms with van der Waals surface area (Å²) in [6.07, 6.45) is 0. The molecule has 0 bridgehead atoms. The molecule has 7 heteroatoms. The maximum atomic E-state index is 13.1. The number of rotatable bonds is 3. The minimum Gasteiger partial charge on any atom is -0.318 e. The normalized spacial score (nSPS) is 26.3. The number of nitrogens with one attached hydrogen (secondary N) is 1. The molecule has 1 N–H and O–H groups in total. The number of aryl methyl sites for hydroxylation is 2. The van der Waals surface area contributed by atoms with Crippen LogP contribution in [0, 0.1) is 13.8 Å². The van der Waals surface area contributed by atoms with Gasteiger partial charge in [0.15, 0.2) is 16.4 Å². The molecule has 0 aromatic heterocycles. The molecule has 2 aliphatic rings. The number of amides is 1. The van der Waals surface area contributed by atoms with Gasteiger partial charge in [-0.3, -0.25) is 9.69 Å². The first-order valence-electron chi connectivity index (χ1n) is 9.42. The van der Waals surface area contributed by atoms with Crippen molar-refractivity contribution >= 4 is 33.0 Å². The summed E-state index contributed by atoms with van der Waals surface area (Å²) in [6.45, 7) is 4.93. The lowest BCUT2D eigenvalue weighted by molar-refractivity contribution is -0.931. The van der Waals surface area contributed by atoms with E-state index >= 15 is 0 Å². The fourth-order valence-electron chi connectivity index (χ4n) is 4.34. The van der Waals surface area contributed by atoms with E-state index in [0.717, 1.165) is 27.3 Å². The molecule has 148 valence electrons. The summed E-state index contributed by atoms with van der Waals surface area (Å²) in [6, 6.07) is 13.0. The van der Waals surface area contributed by atoms with E-state index in [4.69, 9.17) is 11.6 Å². The predicted octanol–water partition coefficient (Wildman–Crippen LogP) is 1.55. The highest BCUT2D eigenvalue weighted by Crippen LogP contribution is 2.27. The number of anilines is 1. The number of hydrogen-bond donors (Lipinski definition) is 1. The number of quaternary nitrogens is 1. The molecule has 2 aromatic carbocycles. The van der Waals surface area contributed by atoms with Gasteiger partial charge < -0.3 is 4.90 Å². The van der Waals surface area contributed by atoms with Gasteiger partial charge in [-0.2, -0.15) is 0 Å². The molecule has 0 aliphatic carbocycles. The monoisotopic (exact) mass is 419 g/mol. The van der Waals surface area contributed by atoms with Gasteiger partial charge in [-0.15, -0.1) is 0 Å². The quantitative estimate of drug-likeness (QED) is 0.821. The first-order valence-corrected chi connectivity index (χ1v) is 11.6. The summed E-state index contributed by atoms with van der Waals surface area (Å²) in [4.78, 5) is 15.8. The highest BCUT2D eigenvalue weighted by molar-refractivity contribution is 7.91. The van der Waals surface area contributed by atoms with Crippen LogP contribution in [-0.2, 0) is 21.2 Å². The van der Waals surface area contributed by atoms with Crippen LogP contribution in [0.25, 0.3) is 0 Å². The van der Waals surface area contributed by atoms with Crippen molar-refractivity contribution in [2.24, 2.45) is 0 Å². The molecular weight excluding hydrogens is 396 g/mol. The van der Waals surface area contributed by atoms with Gasteiger partial charge in [0.25, 0.3) is 5.91 Å². The molecule has 2 aromatic rings.